The van der Waals surface area contributed by atoms with E-state index in [-0.39, 0.29) is 16.7 Å². The quantitative estimate of drug-likeness (QED) is 0.427. The molecule has 1 aliphatic rings. The molecule has 0 aromatic carbocycles. The number of hydrogen-bond acceptors (Lipinski definition) is 2. The van der Waals surface area contributed by atoms with Gasteiger partial charge in [-0.15, -0.1) is 0 Å². The Kier molecular flexibility index (Phi) is 1.99. The molecule has 10 heavy (non-hydrogen) atoms. The fourth-order valence-corrected chi connectivity index (χ4v) is 1.64. The molecular formula is C7H15NO2. The molecule has 0 bridgehead atoms. The summed E-state index contributed by atoms with van der Waals surface area (Å²) in [5.74, 6) is 0.225. The standard InChI is InChI=1S/C7H15NO2/c1-3-6-4-8(2,10)5-7(6)9/h6-7,9H,3-5H2,1-2H3/t6-,7-,8?/m1/s1. The molecule has 1 saturated heterocycles. The molecule has 1 heterocycles. The van der Waals surface area contributed by atoms with Crippen molar-refractivity contribution in [3.05, 3.63) is 5.21 Å². The molecule has 0 aliphatic carbocycles. The summed E-state index contributed by atoms with van der Waals surface area (Å²) >= 11 is 0. The van der Waals surface area contributed by atoms with Gasteiger partial charge < -0.3 is 15.0 Å². The van der Waals surface area contributed by atoms with Crippen LogP contribution in [-0.4, -0.2) is 36.0 Å². The van der Waals surface area contributed by atoms with E-state index in [1.807, 2.05) is 6.92 Å². The van der Waals surface area contributed by atoms with E-state index in [4.69, 9.17) is 0 Å². The van der Waals surface area contributed by atoms with E-state index in [0.29, 0.717) is 13.1 Å². The van der Waals surface area contributed by atoms with Gasteiger partial charge in [0.25, 0.3) is 0 Å². The first-order valence-corrected chi connectivity index (χ1v) is 3.79. The van der Waals surface area contributed by atoms with Crippen LogP contribution in [0, 0.1) is 11.1 Å². The molecule has 1 unspecified atom stereocenters. The van der Waals surface area contributed by atoms with Crippen molar-refractivity contribution in [3.8, 4) is 0 Å². The van der Waals surface area contributed by atoms with E-state index in [1.165, 1.54) is 0 Å². The lowest BCUT2D eigenvalue weighted by Gasteiger charge is -2.33. The fourth-order valence-electron chi connectivity index (χ4n) is 1.64. The second kappa shape index (κ2) is 2.49. The van der Waals surface area contributed by atoms with Gasteiger partial charge in [-0.05, 0) is 6.42 Å². The summed E-state index contributed by atoms with van der Waals surface area (Å²) in [6.45, 7) is 2.97. The number of quaternary nitrogens is 1. The normalized spacial score (nSPS) is 48.0. The number of nitrogens with zero attached hydrogens (tertiary/aromatic N) is 1. The number of hydroxylamine groups is 3. The van der Waals surface area contributed by atoms with Crippen molar-refractivity contribution in [2.75, 3.05) is 20.1 Å². The van der Waals surface area contributed by atoms with Crippen LogP contribution in [0.15, 0.2) is 0 Å². The summed E-state index contributed by atoms with van der Waals surface area (Å²) in [6.07, 6.45) is 0.546. The average Bonchev–Trinajstić information content (AvgIpc) is 2.05. The Morgan fingerprint density at radius 2 is 2.20 bits per heavy atom. The predicted octanol–water partition coefficient (Wildman–Crippen LogP) is 0.331. The molecule has 0 amide bonds. The van der Waals surface area contributed by atoms with Gasteiger partial charge in [-0.25, -0.2) is 0 Å². The summed E-state index contributed by atoms with van der Waals surface area (Å²) in [7, 11) is 1.62. The van der Waals surface area contributed by atoms with Gasteiger partial charge >= 0.3 is 0 Å². The van der Waals surface area contributed by atoms with Gasteiger partial charge in [-0.1, -0.05) is 6.92 Å². The van der Waals surface area contributed by atoms with E-state index < -0.39 is 0 Å². The number of likely N-dealkylation sites (N-methyl/N-ethyl adjacent to an activating group) is 1. The maximum absolute atomic E-state index is 11.3. The minimum Gasteiger partial charge on any atom is -0.633 e. The highest BCUT2D eigenvalue weighted by molar-refractivity contribution is 4.73. The molecular weight excluding hydrogens is 130 g/mol. The summed E-state index contributed by atoms with van der Waals surface area (Å²) in [4.78, 5) is 0. The minimum absolute atomic E-state index is 0.225. The van der Waals surface area contributed by atoms with Gasteiger partial charge in [0, 0.05) is 5.92 Å². The molecule has 3 atom stereocenters. The third kappa shape index (κ3) is 1.48. The van der Waals surface area contributed by atoms with Gasteiger partial charge in [-0.2, -0.15) is 0 Å². The van der Waals surface area contributed by atoms with Crippen LogP contribution >= 0.6 is 0 Å². The fraction of sp³-hybridized carbons (Fsp3) is 1.00. The highest BCUT2D eigenvalue weighted by Crippen LogP contribution is 2.23. The van der Waals surface area contributed by atoms with Gasteiger partial charge in [0.05, 0.1) is 13.6 Å². The van der Waals surface area contributed by atoms with Crippen LogP contribution in [0.5, 0.6) is 0 Å². The molecule has 1 fully saturated rings. The molecule has 0 aromatic heterocycles. The highest BCUT2D eigenvalue weighted by atomic mass is 16.5. The molecule has 0 radical (unpaired) electrons. The second-order valence-corrected chi connectivity index (χ2v) is 3.40. The third-order valence-electron chi connectivity index (χ3n) is 2.26. The first-order valence-electron chi connectivity index (χ1n) is 3.79. The Bertz CT molecular complexity index is 125. The Labute approximate surface area is 61.4 Å². The van der Waals surface area contributed by atoms with E-state index in [9.17, 15) is 10.3 Å². The zero-order valence-corrected chi connectivity index (χ0v) is 6.58. The summed E-state index contributed by atoms with van der Waals surface area (Å²) < 4.78 is -0.264. The van der Waals surface area contributed by atoms with Gasteiger partial charge in [0.1, 0.15) is 12.6 Å². The van der Waals surface area contributed by atoms with Crippen molar-refractivity contribution >= 4 is 0 Å². The molecule has 1 N–H and O–H groups in total. The van der Waals surface area contributed by atoms with E-state index in [0.717, 1.165) is 6.42 Å². The number of aliphatic hydroxyl groups is 1. The summed E-state index contributed by atoms with van der Waals surface area (Å²) in [5.41, 5.74) is 0. The topological polar surface area (TPSA) is 43.3 Å². The van der Waals surface area contributed by atoms with Crippen LogP contribution in [0.1, 0.15) is 13.3 Å². The van der Waals surface area contributed by atoms with Gasteiger partial charge in [0.15, 0.2) is 0 Å². The van der Waals surface area contributed by atoms with Crippen LogP contribution < -0.4 is 0 Å². The third-order valence-corrected chi connectivity index (χ3v) is 2.26. The van der Waals surface area contributed by atoms with Crippen molar-refractivity contribution in [1.82, 2.24) is 0 Å². The highest BCUT2D eigenvalue weighted by Gasteiger charge is 2.35. The van der Waals surface area contributed by atoms with Crippen molar-refractivity contribution in [2.45, 2.75) is 19.4 Å². The van der Waals surface area contributed by atoms with Crippen LogP contribution in [0.3, 0.4) is 0 Å². The van der Waals surface area contributed by atoms with Crippen LogP contribution in [0.4, 0.5) is 0 Å². The predicted molar refractivity (Wildman–Crippen MR) is 39.1 cm³/mol. The molecule has 3 nitrogen and oxygen atoms in total. The second-order valence-electron chi connectivity index (χ2n) is 3.40. The maximum Gasteiger partial charge on any atom is 0.111 e. The molecule has 0 spiro atoms. The number of hydrogen-bond donors (Lipinski definition) is 1. The van der Waals surface area contributed by atoms with Crippen molar-refractivity contribution in [2.24, 2.45) is 5.92 Å². The summed E-state index contributed by atoms with van der Waals surface area (Å²) in [6, 6.07) is 0. The van der Waals surface area contributed by atoms with Crippen LogP contribution in [-0.2, 0) is 0 Å². The lowest BCUT2D eigenvalue weighted by Crippen LogP contribution is -2.35. The average molecular weight is 145 g/mol. The van der Waals surface area contributed by atoms with E-state index in [1.54, 1.807) is 7.05 Å². The zero-order chi connectivity index (χ0) is 7.78. The van der Waals surface area contributed by atoms with Gasteiger partial charge in [0.2, 0.25) is 0 Å². The Hall–Kier alpha value is -0.120. The number of rotatable bonds is 1. The molecule has 3 heteroatoms. The monoisotopic (exact) mass is 145 g/mol. The maximum atomic E-state index is 11.3. The Morgan fingerprint density at radius 3 is 2.40 bits per heavy atom. The molecule has 1 aliphatic heterocycles. The van der Waals surface area contributed by atoms with Crippen molar-refractivity contribution in [3.63, 3.8) is 0 Å². The largest absolute Gasteiger partial charge is 0.633 e. The number of likely N-dealkylation sites (tertiary alicyclic amines) is 1. The van der Waals surface area contributed by atoms with Gasteiger partial charge in [-0.3, -0.25) is 0 Å². The lowest BCUT2D eigenvalue weighted by atomic mass is 10.0. The lowest BCUT2D eigenvalue weighted by molar-refractivity contribution is -0.850. The first kappa shape index (κ1) is 7.98. The Balaban J connectivity index is 2.52. The molecule has 0 saturated carbocycles. The SMILES string of the molecule is CC[C@@H]1C[N+](C)([O-])C[C@H]1O. The molecule has 1 rings (SSSR count). The van der Waals surface area contributed by atoms with E-state index >= 15 is 0 Å². The number of aliphatic hydroxyl groups excluding tert-OH is 1. The minimum atomic E-state index is -0.368. The smallest absolute Gasteiger partial charge is 0.111 e. The van der Waals surface area contributed by atoms with Crippen LogP contribution in [0.25, 0.3) is 0 Å². The Morgan fingerprint density at radius 1 is 1.60 bits per heavy atom. The summed E-state index contributed by atoms with van der Waals surface area (Å²) in [5, 5.41) is 20.6. The zero-order valence-electron chi connectivity index (χ0n) is 6.58. The van der Waals surface area contributed by atoms with Crippen molar-refractivity contribution in [1.29, 1.82) is 0 Å². The van der Waals surface area contributed by atoms with Crippen LogP contribution in [0.2, 0.25) is 0 Å². The molecule has 60 valence electrons. The van der Waals surface area contributed by atoms with E-state index in [2.05, 4.69) is 0 Å². The molecule has 0 aromatic rings. The first-order chi connectivity index (χ1) is 4.55. The van der Waals surface area contributed by atoms with Crippen molar-refractivity contribution < 1.29 is 9.75 Å².